The Balaban J connectivity index is 2.36. The number of nitrogens with zero attached hydrogens (tertiary/aromatic N) is 1. The summed E-state index contributed by atoms with van der Waals surface area (Å²) in [6.45, 7) is 8.64. The van der Waals surface area contributed by atoms with Crippen LogP contribution in [0.5, 0.6) is 0 Å². The number of aliphatic hydroxyl groups is 1. The maximum Gasteiger partial charge on any atom is 0.410 e. The zero-order valence-electron chi connectivity index (χ0n) is 13.1. The van der Waals surface area contributed by atoms with Gasteiger partial charge >= 0.3 is 6.09 Å². The van der Waals surface area contributed by atoms with Gasteiger partial charge in [0, 0.05) is 31.7 Å². The first-order valence-corrected chi connectivity index (χ1v) is 7.32. The van der Waals surface area contributed by atoms with Crippen LogP contribution in [0, 0.1) is 0 Å². The Hall–Kier alpha value is -0.850. The second-order valence-corrected chi connectivity index (χ2v) is 6.66. The number of amides is 1. The first-order chi connectivity index (χ1) is 9.17. The fourth-order valence-electron chi connectivity index (χ4n) is 2.13. The van der Waals surface area contributed by atoms with Gasteiger partial charge in [-0.3, -0.25) is 0 Å². The molecule has 1 rings (SSSR count). The van der Waals surface area contributed by atoms with E-state index in [4.69, 9.17) is 10.5 Å². The van der Waals surface area contributed by atoms with Crippen LogP contribution in [0.15, 0.2) is 0 Å². The van der Waals surface area contributed by atoms with Gasteiger partial charge in [-0.25, -0.2) is 4.79 Å². The number of nitrogens with one attached hydrogen (secondary N) is 1. The lowest BCUT2D eigenvalue weighted by molar-refractivity contribution is 0.0161. The third-order valence-electron chi connectivity index (χ3n) is 3.13. The Bertz CT molecular complexity index is 309. The highest BCUT2D eigenvalue weighted by molar-refractivity contribution is 5.68. The highest BCUT2D eigenvalue weighted by atomic mass is 16.6. The van der Waals surface area contributed by atoms with E-state index in [2.05, 4.69) is 5.32 Å². The molecule has 0 aromatic heterocycles. The number of aliphatic hydroxyl groups excluding tert-OH is 1. The number of carbonyl (C=O) groups excluding carboxylic acids is 1. The molecule has 1 fully saturated rings. The van der Waals surface area contributed by atoms with E-state index in [1.54, 1.807) is 11.8 Å². The number of carbonyl (C=O) groups is 1. The molecule has 0 heterocycles. The summed E-state index contributed by atoms with van der Waals surface area (Å²) in [4.78, 5) is 13.6. The van der Waals surface area contributed by atoms with Gasteiger partial charge in [0.2, 0.25) is 0 Å². The molecule has 20 heavy (non-hydrogen) atoms. The van der Waals surface area contributed by atoms with E-state index in [9.17, 15) is 9.90 Å². The lowest BCUT2D eigenvalue weighted by Crippen LogP contribution is -2.51. The van der Waals surface area contributed by atoms with Crippen molar-refractivity contribution in [2.75, 3.05) is 19.6 Å². The van der Waals surface area contributed by atoms with E-state index in [1.165, 1.54) is 0 Å². The molecule has 1 saturated carbocycles. The zero-order valence-corrected chi connectivity index (χ0v) is 13.1. The van der Waals surface area contributed by atoms with Crippen molar-refractivity contribution in [3.63, 3.8) is 0 Å². The smallest absolute Gasteiger partial charge is 0.410 e. The molecule has 6 heteroatoms. The molecule has 4 N–H and O–H groups in total. The maximum absolute atomic E-state index is 12.1. The van der Waals surface area contributed by atoms with Crippen LogP contribution in [-0.2, 0) is 4.74 Å². The normalized spacial score (nSPS) is 23.9. The number of ether oxygens (including phenoxy) is 1. The molecular formula is C14H29N3O3. The van der Waals surface area contributed by atoms with Crippen LogP contribution >= 0.6 is 0 Å². The maximum atomic E-state index is 12.1. The molecule has 118 valence electrons. The van der Waals surface area contributed by atoms with Crippen LogP contribution in [0.2, 0.25) is 0 Å². The first kappa shape index (κ1) is 17.2. The Labute approximate surface area is 121 Å². The van der Waals surface area contributed by atoms with Gasteiger partial charge in [-0.05, 0) is 40.5 Å². The number of hydrogen-bond acceptors (Lipinski definition) is 5. The average molecular weight is 287 g/mol. The molecule has 6 nitrogen and oxygen atoms in total. The molecule has 0 bridgehead atoms. The third-order valence-corrected chi connectivity index (χ3v) is 3.13. The predicted octanol–water partition coefficient (Wildman–Crippen LogP) is 0.684. The lowest BCUT2D eigenvalue weighted by Gasteiger charge is -2.34. The van der Waals surface area contributed by atoms with Crippen LogP contribution in [-0.4, -0.2) is 59.5 Å². The highest BCUT2D eigenvalue weighted by Crippen LogP contribution is 2.17. The minimum atomic E-state index is -0.570. The average Bonchev–Trinajstić information content (AvgIpc) is 2.22. The van der Waals surface area contributed by atoms with Crippen molar-refractivity contribution in [3.05, 3.63) is 0 Å². The fraction of sp³-hybridized carbons (Fsp3) is 0.929. The van der Waals surface area contributed by atoms with Gasteiger partial charge in [0.1, 0.15) is 5.60 Å². The Morgan fingerprint density at radius 1 is 1.50 bits per heavy atom. The molecule has 0 spiro atoms. The molecule has 0 saturated heterocycles. The minimum absolute atomic E-state index is 0.279. The summed E-state index contributed by atoms with van der Waals surface area (Å²) in [5, 5.41) is 12.8. The molecule has 1 aliphatic rings. The van der Waals surface area contributed by atoms with Crippen LogP contribution in [0.25, 0.3) is 0 Å². The van der Waals surface area contributed by atoms with Gasteiger partial charge in [-0.1, -0.05) is 0 Å². The minimum Gasteiger partial charge on any atom is -0.444 e. The zero-order chi connectivity index (χ0) is 15.3. The molecule has 1 atom stereocenters. The van der Waals surface area contributed by atoms with Crippen molar-refractivity contribution in [3.8, 4) is 0 Å². The fourth-order valence-corrected chi connectivity index (χ4v) is 2.13. The summed E-state index contributed by atoms with van der Waals surface area (Å²) < 4.78 is 5.34. The van der Waals surface area contributed by atoms with Crippen molar-refractivity contribution in [1.82, 2.24) is 10.2 Å². The quantitative estimate of drug-likeness (QED) is 0.669. The molecule has 0 radical (unpaired) electrons. The summed E-state index contributed by atoms with van der Waals surface area (Å²) in [7, 11) is 0. The van der Waals surface area contributed by atoms with Gasteiger partial charge in [0.25, 0.3) is 0 Å². The Morgan fingerprint density at radius 2 is 2.10 bits per heavy atom. The molecular weight excluding hydrogens is 258 g/mol. The standard InChI is InChI=1S/C14H29N3O3/c1-10(18)9-17(13(19)20-14(2,3)4)6-5-16-12-7-11(15)8-12/h10-12,16,18H,5-9,15H2,1-4H3. The molecule has 0 aliphatic heterocycles. The molecule has 0 aromatic rings. The molecule has 0 aromatic carbocycles. The topological polar surface area (TPSA) is 87.8 Å². The van der Waals surface area contributed by atoms with Gasteiger partial charge < -0.3 is 25.8 Å². The van der Waals surface area contributed by atoms with E-state index in [1.807, 2.05) is 20.8 Å². The van der Waals surface area contributed by atoms with Crippen molar-refractivity contribution >= 4 is 6.09 Å². The van der Waals surface area contributed by atoms with E-state index in [0.29, 0.717) is 25.2 Å². The van der Waals surface area contributed by atoms with E-state index in [-0.39, 0.29) is 12.6 Å². The van der Waals surface area contributed by atoms with E-state index < -0.39 is 11.7 Å². The van der Waals surface area contributed by atoms with E-state index in [0.717, 1.165) is 12.8 Å². The van der Waals surface area contributed by atoms with Crippen LogP contribution in [0.4, 0.5) is 4.79 Å². The summed E-state index contributed by atoms with van der Waals surface area (Å²) in [6, 6.07) is 0.768. The third kappa shape index (κ3) is 6.54. The molecule has 1 unspecified atom stereocenters. The van der Waals surface area contributed by atoms with Gasteiger partial charge in [0.05, 0.1) is 6.10 Å². The van der Waals surface area contributed by atoms with E-state index >= 15 is 0 Å². The van der Waals surface area contributed by atoms with Crippen molar-refractivity contribution in [2.45, 2.75) is 64.3 Å². The van der Waals surface area contributed by atoms with Crippen molar-refractivity contribution in [1.29, 1.82) is 0 Å². The van der Waals surface area contributed by atoms with Crippen molar-refractivity contribution in [2.24, 2.45) is 5.73 Å². The number of nitrogens with two attached hydrogens (primary N) is 1. The summed E-state index contributed by atoms with van der Waals surface area (Å²) in [5.41, 5.74) is 5.20. The Morgan fingerprint density at radius 3 is 2.55 bits per heavy atom. The van der Waals surface area contributed by atoms with Gasteiger partial charge in [-0.2, -0.15) is 0 Å². The first-order valence-electron chi connectivity index (χ1n) is 7.32. The lowest BCUT2D eigenvalue weighted by atomic mass is 9.88. The SMILES string of the molecule is CC(O)CN(CCNC1CC(N)C1)C(=O)OC(C)(C)C. The molecule has 1 aliphatic carbocycles. The summed E-state index contributed by atoms with van der Waals surface area (Å²) in [5.74, 6) is 0. The largest absolute Gasteiger partial charge is 0.444 e. The van der Waals surface area contributed by atoms with Crippen LogP contribution < -0.4 is 11.1 Å². The Kier molecular flexibility index (Phi) is 6.23. The molecule has 1 amide bonds. The monoisotopic (exact) mass is 287 g/mol. The van der Waals surface area contributed by atoms with Crippen LogP contribution in [0.1, 0.15) is 40.5 Å². The second kappa shape index (κ2) is 7.24. The van der Waals surface area contributed by atoms with Crippen molar-refractivity contribution < 1.29 is 14.6 Å². The van der Waals surface area contributed by atoms with Gasteiger partial charge in [0.15, 0.2) is 0 Å². The van der Waals surface area contributed by atoms with Gasteiger partial charge in [-0.15, -0.1) is 0 Å². The summed E-state index contributed by atoms with van der Waals surface area (Å²) in [6.07, 6.45) is 1.02. The van der Waals surface area contributed by atoms with Crippen LogP contribution in [0.3, 0.4) is 0 Å². The number of rotatable bonds is 6. The summed E-state index contributed by atoms with van der Waals surface area (Å²) >= 11 is 0. The number of hydrogen-bond donors (Lipinski definition) is 3. The second-order valence-electron chi connectivity index (χ2n) is 6.66. The predicted molar refractivity (Wildman–Crippen MR) is 78.5 cm³/mol. The highest BCUT2D eigenvalue weighted by Gasteiger charge is 2.26.